The van der Waals surface area contributed by atoms with Gasteiger partial charge in [0, 0.05) is 12.1 Å². The standard InChI is InChI=1S/C14H22N2O/c1-14(2,3)16-11-13(17)15-10-9-12-7-5-4-6-8-12/h4-8,16H,9-11H2,1-3H3,(H,15,17). The quantitative estimate of drug-likeness (QED) is 0.814. The molecule has 0 fully saturated rings. The Hall–Kier alpha value is -1.35. The van der Waals surface area contributed by atoms with Crippen LogP contribution in [0.3, 0.4) is 0 Å². The van der Waals surface area contributed by atoms with Gasteiger partial charge in [0.1, 0.15) is 0 Å². The van der Waals surface area contributed by atoms with E-state index in [-0.39, 0.29) is 11.4 Å². The Kier molecular flexibility index (Phi) is 5.16. The van der Waals surface area contributed by atoms with Gasteiger partial charge in [-0.15, -0.1) is 0 Å². The van der Waals surface area contributed by atoms with Crippen LogP contribution in [0.25, 0.3) is 0 Å². The molecule has 0 aromatic heterocycles. The maximum absolute atomic E-state index is 11.5. The fourth-order valence-corrected chi connectivity index (χ4v) is 1.40. The Morgan fingerprint density at radius 2 is 1.82 bits per heavy atom. The van der Waals surface area contributed by atoms with Gasteiger partial charge in [0.15, 0.2) is 0 Å². The molecule has 3 nitrogen and oxygen atoms in total. The van der Waals surface area contributed by atoms with E-state index in [0.717, 1.165) is 6.42 Å². The average molecular weight is 234 g/mol. The van der Waals surface area contributed by atoms with Crippen LogP contribution in [0.4, 0.5) is 0 Å². The number of nitrogens with one attached hydrogen (secondary N) is 2. The highest BCUT2D eigenvalue weighted by atomic mass is 16.1. The highest BCUT2D eigenvalue weighted by Crippen LogP contribution is 1.98. The van der Waals surface area contributed by atoms with Gasteiger partial charge in [-0.25, -0.2) is 0 Å². The van der Waals surface area contributed by atoms with E-state index in [4.69, 9.17) is 0 Å². The summed E-state index contributed by atoms with van der Waals surface area (Å²) in [6.07, 6.45) is 0.877. The molecule has 0 bridgehead atoms. The maximum Gasteiger partial charge on any atom is 0.233 e. The molecule has 0 aliphatic rings. The minimum Gasteiger partial charge on any atom is -0.355 e. The van der Waals surface area contributed by atoms with Crippen LogP contribution in [0.15, 0.2) is 30.3 Å². The fourth-order valence-electron chi connectivity index (χ4n) is 1.40. The average Bonchev–Trinajstić information content (AvgIpc) is 2.27. The third-order valence-electron chi connectivity index (χ3n) is 2.36. The summed E-state index contributed by atoms with van der Waals surface area (Å²) in [7, 11) is 0. The van der Waals surface area contributed by atoms with Crippen LogP contribution in [0.2, 0.25) is 0 Å². The highest BCUT2D eigenvalue weighted by molar-refractivity contribution is 5.78. The zero-order valence-corrected chi connectivity index (χ0v) is 10.9. The normalized spacial score (nSPS) is 11.2. The largest absolute Gasteiger partial charge is 0.355 e. The SMILES string of the molecule is CC(C)(C)NCC(=O)NCCc1ccccc1. The zero-order chi connectivity index (χ0) is 12.7. The van der Waals surface area contributed by atoms with Crippen molar-refractivity contribution in [3.05, 3.63) is 35.9 Å². The second kappa shape index (κ2) is 6.40. The minimum absolute atomic E-state index is 0.0171. The Bertz CT molecular complexity index is 341. The molecule has 0 heterocycles. The number of rotatable bonds is 5. The molecule has 0 atom stereocenters. The molecule has 94 valence electrons. The summed E-state index contributed by atoms with van der Waals surface area (Å²) in [5.74, 6) is 0.0517. The summed E-state index contributed by atoms with van der Waals surface area (Å²) in [4.78, 5) is 11.5. The van der Waals surface area contributed by atoms with Gasteiger partial charge in [-0.3, -0.25) is 4.79 Å². The predicted octanol–water partition coefficient (Wildman–Crippen LogP) is 1.73. The Morgan fingerprint density at radius 3 is 2.41 bits per heavy atom. The van der Waals surface area contributed by atoms with Gasteiger partial charge in [0.2, 0.25) is 5.91 Å². The summed E-state index contributed by atoms with van der Waals surface area (Å²) < 4.78 is 0. The maximum atomic E-state index is 11.5. The van der Waals surface area contributed by atoms with E-state index in [1.165, 1.54) is 5.56 Å². The molecule has 0 spiro atoms. The summed E-state index contributed by atoms with van der Waals surface area (Å²) in [5.41, 5.74) is 1.23. The topological polar surface area (TPSA) is 41.1 Å². The van der Waals surface area contributed by atoms with E-state index in [1.54, 1.807) is 0 Å². The van der Waals surface area contributed by atoms with Crippen molar-refractivity contribution in [3.63, 3.8) is 0 Å². The summed E-state index contributed by atoms with van der Waals surface area (Å²) in [6.45, 7) is 7.20. The highest BCUT2D eigenvalue weighted by Gasteiger charge is 2.10. The molecule has 0 saturated heterocycles. The summed E-state index contributed by atoms with van der Waals surface area (Å²) in [6, 6.07) is 10.2. The number of amides is 1. The van der Waals surface area contributed by atoms with E-state index in [1.807, 2.05) is 39.0 Å². The lowest BCUT2D eigenvalue weighted by atomic mass is 10.1. The van der Waals surface area contributed by atoms with Gasteiger partial charge in [-0.1, -0.05) is 30.3 Å². The Labute approximate surface area is 104 Å². The van der Waals surface area contributed by atoms with Gasteiger partial charge in [0.05, 0.1) is 6.54 Å². The molecule has 1 aromatic rings. The first kappa shape index (κ1) is 13.7. The third kappa shape index (κ3) is 6.74. The molecule has 1 aromatic carbocycles. The lowest BCUT2D eigenvalue weighted by molar-refractivity contribution is -0.120. The molecule has 1 amide bonds. The van der Waals surface area contributed by atoms with Crippen molar-refractivity contribution in [2.75, 3.05) is 13.1 Å². The molecule has 0 aliphatic heterocycles. The summed E-state index contributed by atoms with van der Waals surface area (Å²) in [5, 5.41) is 6.06. The van der Waals surface area contributed by atoms with E-state index in [2.05, 4.69) is 22.8 Å². The second-order valence-corrected chi connectivity index (χ2v) is 5.19. The lowest BCUT2D eigenvalue weighted by Gasteiger charge is -2.19. The van der Waals surface area contributed by atoms with Crippen LogP contribution in [-0.4, -0.2) is 24.5 Å². The van der Waals surface area contributed by atoms with Crippen LogP contribution in [0.5, 0.6) is 0 Å². The smallest absolute Gasteiger partial charge is 0.233 e. The number of carbonyl (C=O) groups is 1. The first-order valence-corrected chi connectivity index (χ1v) is 6.03. The third-order valence-corrected chi connectivity index (χ3v) is 2.36. The van der Waals surface area contributed by atoms with Crippen molar-refractivity contribution in [2.24, 2.45) is 0 Å². The molecule has 0 saturated carbocycles. The zero-order valence-electron chi connectivity index (χ0n) is 10.9. The van der Waals surface area contributed by atoms with Crippen LogP contribution in [-0.2, 0) is 11.2 Å². The van der Waals surface area contributed by atoms with Crippen molar-refractivity contribution in [3.8, 4) is 0 Å². The number of benzene rings is 1. The molecular weight excluding hydrogens is 212 g/mol. The van der Waals surface area contributed by atoms with Gasteiger partial charge >= 0.3 is 0 Å². The molecule has 1 rings (SSSR count). The van der Waals surface area contributed by atoms with E-state index in [9.17, 15) is 4.79 Å². The summed E-state index contributed by atoms with van der Waals surface area (Å²) >= 11 is 0. The molecule has 2 N–H and O–H groups in total. The van der Waals surface area contributed by atoms with Crippen LogP contribution >= 0.6 is 0 Å². The fraction of sp³-hybridized carbons (Fsp3) is 0.500. The van der Waals surface area contributed by atoms with E-state index in [0.29, 0.717) is 13.1 Å². The van der Waals surface area contributed by atoms with Crippen LogP contribution < -0.4 is 10.6 Å². The first-order chi connectivity index (χ1) is 7.97. The molecule has 3 heteroatoms. The molecule has 0 radical (unpaired) electrons. The van der Waals surface area contributed by atoms with Crippen LogP contribution in [0, 0.1) is 0 Å². The van der Waals surface area contributed by atoms with E-state index >= 15 is 0 Å². The van der Waals surface area contributed by atoms with Gasteiger partial charge < -0.3 is 10.6 Å². The monoisotopic (exact) mass is 234 g/mol. The number of hydrogen-bond acceptors (Lipinski definition) is 2. The van der Waals surface area contributed by atoms with Gasteiger partial charge in [0.25, 0.3) is 0 Å². The second-order valence-electron chi connectivity index (χ2n) is 5.19. The first-order valence-electron chi connectivity index (χ1n) is 6.03. The Balaban J connectivity index is 2.17. The number of hydrogen-bond donors (Lipinski definition) is 2. The molecule has 0 aliphatic carbocycles. The van der Waals surface area contributed by atoms with Crippen LogP contribution in [0.1, 0.15) is 26.3 Å². The number of carbonyl (C=O) groups excluding carboxylic acids is 1. The van der Waals surface area contributed by atoms with Crippen molar-refractivity contribution in [2.45, 2.75) is 32.7 Å². The van der Waals surface area contributed by atoms with E-state index < -0.39 is 0 Å². The van der Waals surface area contributed by atoms with Crippen molar-refractivity contribution < 1.29 is 4.79 Å². The van der Waals surface area contributed by atoms with Crippen molar-refractivity contribution >= 4 is 5.91 Å². The van der Waals surface area contributed by atoms with Crippen molar-refractivity contribution in [1.82, 2.24) is 10.6 Å². The lowest BCUT2D eigenvalue weighted by Crippen LogP contribution is -2.43. The minimum atomic E-state index is -0.0171. The van der Waals surface area contributed by atoms with Gasteiger partial charge in [-0.2, -0.15) is 0 Å². The Morgan fingerprint density at radius 1 is 1.18 bits per heavy atom. The van der Waals surface area contributed by atoms with Crippen molar-refractivity contribution in [1.29, 1.82) is 0 Å². The molecular formula is C14H22N2O. The predicted molar refractivity (Wildman–Crippen MR) is 70.9 cm³/mol. The molecule has 0 unspecified atom stereocenters. The van der Waals surface area contributed by atoms with Gasteiger partial charge in [-0.05, 0) is 32.8 Å². The molecule has 17 heavy (non-hydrogen) atoms.